The van der Waals surface area contributed by atoms with Crippen LogP contribution in [0.5, 0.6) is 0 Å². The molecule has 0 aromatic rings. The number of carbonyl (C=O) groups is 1. The number of unbranched alkanes of at least 4 members (excludes halogenated alkanes) is 5. The minimum atomic E-state index is -0.373. The number of aliphatic hydroxyl groups excluding tert-OH is 1. The van der Waals surface area contributed by atoms with E-state index in [0.29, 0.717) is 6.42 Å². The summed E-state index contributed by atoms with van der Waals surface area (Å²) >= 11 is 0. The maximum atomic E-state index is 12.5. The summed E-state index contributed by atoms with van der Waals surface area (Å²) in [5, 5.41) is 9.95. The molecule has 3 rings (SSSR count). The summed E-state index contributed by atoms with van der Waals surface area (Å²) in [5.74, 6) is 0.451. The molecule has 0 saturated heterocycles. The minimum Gasteiger partial charge on any atom is -0.393 e. The maximum absolute atomic E-state index is 12.5. The summed E-state index contributed by atoms with van der Waals surface area (Å²) in [6.45, 7) is 4.33. The van der Waals surface area contributed by atoms with Crippen LogP contribution < -0.4 is 0 Å². The monoisotopic (exact) mass is 344 g/mol. The zero-order chi connectivity index (χ0) is 17.8. The van der Waals surface area contributed by atoms with Gasteiger partial charge in [0.15, 0.2) is 5.78 Å². The van der Waals surface area contributed by atoms with Crippen molar-refractivity contribution < 1.29 is 14.6 Å². The quantitative estimate of drug-likeness (QED) is 0.546. The second-order valence-corrected chi connectivity index (χ2v) is 7.92. The van der Waals surface area contributed by atoms with Gasteiger partial charge in [0, 0.05) is 5.92 Å². The zero-order valence-electron chi connectivity index (χ0n) is 15.6. The van der Waals surface area contributed by atoms with Crippen molar-refractivity contribution >= 4 is 5.78 Å². The molecule has 1 saturated carbocycles. The Kier molecular flexibility index (Phi) is 6.29. The van der Waals surface area contributed by atoms with Crippen LogP contribution in [-0.4, -0.2) is 29.2 Å². The van der Waals surface area contributed by atoms with Crippen molar-refractivity contribution in [1.82, 2.24) is 0 Å². The van der Waals surface area contributed by atoms with E-state index in [0.717, 1.165) is 18.4 Å². The first-order chi connectivity index (χ1) is 12.1. The van der Waals surface area contributed by atoms with E-state index in [2.05, 4.69) is 32.1 Å². The molecular formula is C22H32O3. The molecule has 0 spiro atoms. The molecule has 0 aromatic heterocycles. The van der Waals surface area contributed by atoms with Gasteiger partial charge in [-0.1, -0.05) is 56.4 Å². The molecular weight excluding hydrogens is 312 g/mol. The fourth-order valence-electron chi connectivity index (χ4n) is 4.49. The molecule has 0 aromatic carbocycles. The highest BCUT2D eigenvalue weighted by molar-refractivity contribution is 5.96. The molecule has 0 radical (unpaired) electrons. The van der Waals surface area contributed by atoms with Gasteiger partial charge in [-0.25, -0.2) is 0 Å². The molecule has 3 aliphatic rings. The molecule has 0 amide bonds. The number of rotatable bonds is 7. The molecule has 5 atom stereocenters. The van der Waals surface area contributed by atoms with Crippen molar-refractivity contribution in [2.75, 3.05) is 0 Å². The Morgan fingerprint density at radius 1 is 1.28 bits per heavy atom. The lowest BCUT2D eigenvalue weighted by atomic mass is 9.75. The van der Waals surface area contributed by atoms with Gasteiger partial charge in [0.25, 0.3) is 0 Å². The van der Waals surface area contributed by atoms with E-state index in [9.17, 15) is 9.90 Å². The summed E-state index contributed by atoms with van der Waals surface area (Å²) in [6.07, 6.45) is 16.5. The molecule has 1 fully saturated rings. The highest BCUT2D eigenvalue weighted by atomic mass is 16.5. The first-order valence-corrected chi connectivity index (χ1v) is 10.0. The molecule has 3 nitrogen and oxygen atoms in total. The van der Waals surface area contributed by atoms with Crippen molar-refractivity contribution in [3.63, 3.8) is 0 Å². The highest BCUT2D eigenvalue weighted by Crippen LogP contribution is 2.45. The molecule has 25 heavy (non-hydrogen) atoms. The van der Waals surface area contributed by atoms with Crippen molar-refractivity contribution in [2.24, 2.45) is 11.8 Å². The van der Waals surface area contributed by atoms with Gasteiger partial charge in [0.1, 0.15) is 6.10 Å². The van der Waals surface area contributed by atoms with Gasteiger partial charge in [0.2, 0.25) is 0 Å². The molecule has 4 unspecified atom stereocenters. The van der Waals surface area contributed by atoms with Crippen LogP contribution >= 0.6 is 0 Å². The molecule has 1 aliphatic heterocycles. The number of aliphatic hydroxyl groups is 1. The van der Waals surface area contributed by atoms with E-state index in [1.54, 1.807) is 6.08 Å². The Bertz CT molecular complexity index is 572. The average Bonchev–Trinajstić information content (AvgIpc) is 2.95. The van der Waals surface area contributed by atoms with Gasteiger partial charge in [0.05, 0.1) is 12.2 Å². The number of fused-ring (bicyclic) bond motifs is 3. The number of hydrogen-bond acceptors (Lipinski definition) is 3. The summed E-state index contributed by atoms with van der Waals surface area (Å²) in [5.41, 5.74) is 2.31. The van der Waals surface area contributed by atoms with Crippen LogP contribution in [-0.2, 0) is 9.53 Å². The Labute approximate surface area is 151 Å². The number of carbonyl (C=O) groups excluding carboxylic acids is 1. The predicted molar refractivity (Wildman–Crippen MR) is 100 cm³/mol. The number of allylic oxidation sites excluding steroid dienone is 1. The van der Waals surface area contributed by atoms with Crippen LogP contribution in [0.2, 0.25) is 0 Å². The number of ketones is 1. The third kappa shape index (κ3) is 4.32. The Morgan fingerprint density at radius 3 is 2.88 bits per heavy atom. The zero-order valence-corrected chi connectivity index (χ0v) is 15.6. The van der Waals surface area contributed by atoms with Gasteiger partial charge in [-0.05, 0) is 50.2 Å². The average molecular weight is 344 g/mol. The van der Waals surface area contributed by atoms with Crippen LogP contribution in [0.1, 0.15) is 65.2 Å². The smallest absolute Gasteiger partial charge is 0.185 e. The third-order valence-corrected chi connectivity index (χ3v) is 5.88. The van der Waals surface area contributed by atoms with Crippen LogP contribution in [0, 0.1) is 11.8 Å². The fraction of sp³-hybridized carbons (Fsp3) is 0.682. The topological polar surface area (TPSA) is 46.5 Å². The van der Waals surface area contributed by atoms with Gasteiger partial charge >= 0.3 is 0 Å². The SMILES string of the molecule is CCCCCCC/C=C/[C@H]1OC2C(=O)C=C3CC(O)CC3C2C=C1C. The Balaban J connectivity index is 1.58. The van der Waals surface area contributed by atoms with Gasteiger partial charge in [-0.2, -0.15) is 0 Å². The van der Waals surface area contributed by atoms with E-state index in [4.69, 9.17) is 4.74 Å². The molecule has 3 heteroatoms. The summed E-state index contributed by atoms with van der Waals surface area (Å²) in [6, 6.07) is 0. The molecule has 1 N–H and O–H groups in total. The Morgan fingerprint density at radius 2 is 2.08 bits per heavy atom. The van der Waals surface area contributed by atoms with Crippen molar-refractivity contribution in [1.29, 1.82) is 0 Å². The second-order valence-electron chi connectivity index (χ2n) is 7.92. The van der Waals surface area contributed by atoms with Crippen molar-refractivity contribution in [3.05, 3.63) is 35.5 Å². The lowest BCUT2D eigenvalue weighted by Gasteiger charge is -2.38. The lowest BCUT2D eigenvalue weighted by Crippen LogP contribution is -2.44. The van der Waals surface area contributed by atoms with Gasteiger partial charge in [-0.15, -0.1) is 0 Å². The summed E-state index contributed by atoms with van der Waals surface area (Å²) in [7, 11) is 0. The molecule has 138 valence electrons. The van der Waals surface area contributed by atoms with E-state index >= 15 is 0 Å². The molecule has 0 bridgehead atoms. The first-order valence-electron chi connectivity index (χ1n) is 10.0. The highest BCUT2D eigenvalue weighted by Gasteiger charge is 2.45. The van der Waals surface area contributed by atoms with Crippen molar-refractivity contribution in [3.8, 4) is 0 Å². The fourth-order valence-corrected chi connectivity index (χ4v) is 4.49. The van der Waals surface area contributed by atoms with E-state index in [1.165, 1.54) is 37.7 Å². The first kappa shape index (κ1) is 18.6. The summed E-state index contributed by atoms with van der Waals surface area (Å²) in [4.78, 5) is 12.5. The predicted octanol–water partition coefficient (Wildman–Crippen LogP) is 4.51. The minimum absolute atomic E-state index is 0.0760. The van der Waals surface area contributed by atoms with E-state index in [-0.39, 0.29) is 35.9 Å². The van der Waals surface area contributed by atoms with E-state index < -0.39 is 0 Å². The van der Waals surface area contributed by atoms with Crippen LogP contribution in [0.15, 0.2) is 35.5 Å². The van der Waals surface area contributed by atoms with Gasteiger partial charge in [-0.3, -0.25) is 4.79 Å². The summed E-state index contributed by atoms with van der Waals surface area (Å²) < 4.78 is 6.17. The maximum Gasteiger partial charge on any atom is 0.185 e. The van der Waals surface area contributed by atoms with Gasteiger partial charge < -0.3 is 9.84 Å². The van der Waals surface area contributed by atoms with Crippen LogP contribution in [0.4, 0.5) is 0 Å². The number of hydrogen-bond donors (Lipinski definition) is 1. The third-order valence-electron chi connectivity index (χ3n) is 5.88. The van der Waals surface area contributed by atoms with E-state index in [1.807, 2.05) is 0 Å². The van der Waals surface area contributed by atoms with Crippen LogP contribution in [0.25, 0.3) is 0 Å². The normalized spacial score (nSPS) is 34.7. The number of ether oxygens (including phenoxy) is 1. The van der Waals surface area contributed by atoms with Crippen LogP contribution in [0.3, 0.4) is 0 Å². The standard InChI is InChI=1S/C22H32O3/c1-3-4-5-6-7-8-9-10-21-15(2)11-19-18-14-17(23)12-16(18)13-20(24)22(19)25-21/h9-11,13,17-19,21-23H,3-8,12,14H2,1-2H3/b10-9+/t17?,18?,19?,21-,22?/m1/s1. The van der Waals surface area contributed by atoms with Crippen molar-refractivity contribution in [2.45, 2.75) is 83.5 Å². The second kappa shape index (κ2) is 8.46. The molecule has 2 aliphatic carbocycles. The lowest BCUT2D eigenvalue weighted by molar-refractivity contribution is -0.133. The Hall–Kier alpha value is -1.19. The largest absolute Gasteiger partial charge is 0.393 e. The molecule has 1 heterocycles.